The Labute approximate surface area is 182 Å². The first kappa shape index (κ1) is 26.4. The van der Waals surface area contributed by atoms with Crippen molar-refractivity contribution < 1.29 is 40.0 Å². The van der Waals surface area contributed by atoms with Crippen molar-refractivity contribution in [2.75, 3.05) is 20.4 Å². The number of phenolic OH excluding ortho intramolecular Hbond substituents is 1. The molecule has 2 rings (SSSR count). The van der Waals surface area contributed by atoms with Gasteiger partial charge in [0.2, 0.25) is 0 Å². The summed E-state index contributed by atoms with van der Waals surface area (Å²) < 4.78 is 22.3. The monoisotopic (exact) mass is 558 g/mol. The van der Waals surface area contributed by atoms with Gasteiger partial charge in [-0.05, 0) is 74.6 Å². The van der Waals surface area contributed by atoms with E-state index in [2.05, 4.69) is 32.9 Å². The molecule has 3 nitrogen and oxygen atoms in total. The number of alkyl halides is 1. The summed E-state index contributed by atoms with van der Waals surface area (Å²) in [6.07, 6.45) is 2.98. The standard InChI is InChI=1S/C12H18O.C11H13FO2.W/c1-5-13-8-12-6-9(2)11(4)10(3)7-12;1-8-10(13)6-9(4-3-5-12)7-11(8)14-2;/h6-7H,5,8H2,1-4H3;3-4,6-7,13H,5H2,1-2H3;/b;4-3+;. The fourth-order valence-corrected chi connectivity index (χ4v) is 2.61. The number of hydrogen-bond acceptors (Lipinski definition) is 3. The van der Waals surface area contributed by atoms with Crippen LogP contribution in [-0.4, -0.2) is 25.5 Å². The summed E-state index contributed by atoms with van der Waals surface area (Å²) in [7, 11) is 1.53. The maximum Gasteiger partial charge on any atom is 0.126 e. The van der Waals surface area contributed by atoms with Crippen LogP contribution in [-0.2, 0) is 32.4 Å². The number of halogens is 1. The third-order valence-corrected chi connectivity index (χ3v) is 4.43. The van der Waals surface area contributed by atoms with Crippen LogP contribution in [0, 0.1) is 27.7 Å². The quantitative estimate of drug-likeness (QED) is 0.485. The molecule has 2 aromatic rings. The van der Waals surface area contributed by atoms with E-state index in [1.54, 1.807) is 25.1 Å². The Morgan fingerprint density at radius 1 is 1.00 bits per heavy atom. The summed E-state index contributed by atoms with van der Waals surface area (Å²) in [5.41, 5.74) is 6.79. The first-order valence-electron chi connectivity index (χ1n) is 9.08. The fraction of sp³-hybridized carbons (Fsp3) is 0.391. The van der Waals surface area contributed by atoms with Gasteiger partial charge in [-0.15, -0.1) is 0 Å². The van der Waals surface area contributed by atoms with E-state index in [9.17, 15) is 9.50 Å². The van der Waals surface area contributed by atoms with Crippen LogP contribution in [0.5, 0.6) is 11.5 Å². The van der Waals surface area contributed by atoms with Gasteiger partial charge in [-0.25, -0.2) is 4.39 Å². The zero-order chi connectivity index (χ0) is 20.4. The third kappa shape index (κ3) is 8.16. The Bertz CT molecular complexity index is 750. The number of ether oxygens (including phenoxy) is 2. The molecular weight excluding hydrogens is 527 g/mol. The van der Waals surface area contributed by atoms with Gasteiger partial charge >= 0.3 is 0 Å². The van der Waals surface area contributed by atoms with Gasteiger partial charge in [0, 0.05) is 33.2 Å². The van der Waals surface area contributed by atoms with Gasteiger partial charge in [0.25, 0.3) is 0 Å². The van der Waals surface area contributed by atoms with E-state index in [1.165, 1.54) is 35.4 Å². The predicted octanol–water partition coefficient (Wildman–Crippen LogP) is 5.84. The van der Waals surface area contributed by atoms with Crippen LogP contribution in [0.4, 0.5) is 4.39 Å². The molecule has 0 amide bonds. The third-order valence-electron chi connectivity index (χ3n) is 4.43. The van der Waals surface area contributed by atoms with Gasteiger partial charge in [-0.3, -0.25) is 0 Å². The van der Waals surface area contributed by atoms with E-state index in [0.717, 1.165) is 18.8 Å². The molecule has 5 heteroatoms. The zero-order valence-corrected chi connectivity index (χ0v) is 20.6. The van der Waals surface area contributed by atoms with Crippen molar-refractivity contribution >= 4 is 6.08 Å². The minimum Gasteiger partial charge on any atom is -0.508 e. The van der Waals surface area contributed by atoms with Crippen molar-refractivity contribution in [3.05, 3.63) is 63.7 Å². The maximum absolute atomic E-state index is 11.9. The molecule has 1 N–H and O–H groups in total. The molecule has 0 atom stereocenters. The zero-order valence-electron chi connectivity index (χ0n) is 17.6. The largest absolute Gasteiger partial charge is 0.508 e. The van der Waals surface area contributed by atoms with Crippen molar-refractivity contribution in [3.63, 3.8) is 0 Å². The molecule has 0 unspecified atom stereocenters. The molecule has 0 aliphatic carbocycles. The average Bonchev–Trinajstić information content (AvgIpc) is 2.65. The average molecular weight is 558 g/mol. The molecule has 2 aromatic carbocycles. The molecule has 0 fully saturated rings. The van der Waals surface area contributed by atoms with Crippen molar-refractivity contribution in [3.8, 4) is 11.5 Å². The maximum atomic E-state index is 11.9. The summed E-state index contributed by atoms with van der Waals surface area (Å²) in [6, 6.07) is 7.74. The second kappa shape index (κ2) is 13.5. The van der Waals surface area contributed by atoms with E-state index in [0.29, 0.717) is 11.3 Å². The Morgan fingerprint density at radius 3 is 2.11 bits per heavy atom. The molecule has 0 bridgehead atoms. The van der Waals surface area contributed by atoms with E-state index in [4.69, 9.17) is 9.47 Å². The minimum atomic E-state index is -0.517. The molecule has 0 radical (unpaired) electrons. The van der Waals surface area contributed by atoms with Crippen LogP contribution in [0.15, 0.2) is 30.3 Å². The van der Waals surface area contributed by atoms with Crippen molar-refractivity contribution in [1.29, 1.82) is 0 Å². The number of aromatic hydroxyl groups is 1. The van der Waals surface area contributed by atoms with Gasteiger partial charge in [-0.1, -0.05) is 24.3 Å². The van der Waals surface area contributed by atoms with Crippen LogP contribution >= 0.6 is 0 Å². The van der Waals surface area contributed by atoms with Crippen LogP contribution in [0.2, 0.25) is 0 Å². The van der Waals surface area contributed by atoms with Crippen molar-refractivity contribution in [1.82, 2.24) is 0 Å². The summed E-state index contributed by atoms with van der Waals surface area (Å²) in [4.78, 5) is 0. The van der Waals surface area contributed by atoms with Gasteiger partial charge in [-0.2, -0.15) is 0 Å². The minimum absolute atomic E-state index is 0. The Balaban J connectivity index is 0.000000504. The number of phenols is 1. The molecule has 0 aliphatic rings. The van der Waals surface area contributed by atoms with Gasteiger partial charge in [0.15, 0.2) is 0 Å². The Hall–Kier alpha value is -1.64. The molecule has 28 heavy (non-hydrogen) atoms. The molecular formula is C23H31FO3W. The van der Waals surface area contributed by atoms with Gasteiger partial charge in [0.05, 0.1) is 13.7 Å². The molecule has 0 heterocycles. The first-order valence-corrected chi connectivity index (χ1v) is 9.08. The van der Waals surface area contributed by atoms with E-state index in [-0.39, 0.29) is 26.8 Å². The van der Waals surface area contributed by atoms with E-state index >= 15 is 0 Å². The summed E-state index contributed by atoms with van der Waals surface area (Å²) >= 11 is 0. The van der Waals surface area contributed by atoms with Crippen molar-refractivity contribution in [2.45, 2.75) is 41.2 Å². The second-order valence-corrected chi connectivity index (χ2v) is 6.42. The summed E-state index contributed by atoms with van der Waals surface area (Å²) in [5.74, 6) is 0.756. The van der Waals surface area contributed by atoms with E-state index < -0.39 is 6.67 Å². The van der Waals surface area contributed by atoms with Gasteiger partial charge < -0.3 is 14.6 Å². The predicted molar refractivity (Wildman–Crippen MR) is 110 cm³/mol. The molecule has 0 saturated heterocycles. The van der Waals surface area contributed by atoms with Crippen molar-refractivity contribution in [2.24, 2.45) is 0 Å². The molecule has 0 spiro atoms. The van der Waals surface area contributed by atoms with Crippen LogP contribution in [0.3, 0.4) is 0 Å². The Morgan fingerprint density at radius 2 is 1.61 bits per heavy atom. The molecule has 0 saturated carbocycles. The summed E-state index contributed by atoms with van der Waals surface area (Å²) in [6.45, 7) is 11.2. The SMILES string of the molecule is CCOCc1cc(C)c(C)c(C)c1.COc1cc(/C=C/CF)cc(O)c1C.[W]. The van der Waals surface area contributed by atoms with Crippen LogP contribution in [0.25, 0.3) is 6.08 Å². The molecule has 154 valence electrons. The van der Waals surface area contributed by atoms with Gasteiger partial charge in [0.1, 0.15) is 18.2 Å². The van der Waals surface area contributed by atoms with E-state index in [1.807, 2.05) is 6.92 Å². The second-order valence-electron chi connectivity index (χ2n) is 6.42. The summed E-state index contributed by atoms with van der Waals surface area (Å²) in [5, 5.41) is 9.50. The first-order chi connectivity index (χ1) is 12.8. The number of rotatable bonds is 6. The number of benzene rings is 2. The number of hydrogen-bond donors (Lipinski definition) is 1. The number of aryl methyl sites for hydroxylation is 2. The van der Waals surface area contributed by atoms with Crippen LogP contribution in [0.1, 0.15) is 40.3 Å². The van der Waals surface area contributed by atoms with Crippen LogP contribution < -0.4 is 4.74 Å². The smallest absolute Gasteiger partial charge is 0.126 e. The normalized spacial score (nSPS) is 10.2. The molecule has 0 aromatic heterocycles. The number of allylic oxidation sites excluding steroid dienone is 1. The fourth-order valence-electron chi connectivity index (χ4n) is 2.61. The Kier molecular flexibility index (Phi) is 12.7. The molecule has 0 aliphatic heterocycles. The number of methoxy groups -OCH3 is 1. The topological polar surface area (TPSA) is 38.7 Å².